The maximum Gasteiger partial charge on any atom is 0.260 e. The third-order valence-electron chi connectivity index (χ3n) is 6.34. The summed E-state index contributed by atoms with van der Waals surface area (Å²) in [4.78, 5) is 37.2. The average Bonchev–Trinajstić information content (AvgIpc) is 3.59. The zero-order chi connectivity index (χ0) is 25.1. The van der Waals surface area contributed by atoms with Crippen molar-refractivity contribution in [3.05, 3.63) is 113 Å². The molecule has 0 aliphatic rings. The molecule has 0 aliphatic carbocycles. The second kappa shape index (κ2) is 11.5. The van der Waals surface area contributed by atoms with Crippen LogP contribution >= 0.6 is 23.7 Å². The van der Waals surface area contributed by atoms with Gasteiger partial charge in [-0.05, 0) is 49.6 Å². The van der Waals surface area contributed by atoms with Crippen LogP contribution in [0.3, 0.4) is 0 Å². The van der Waals surface area contributed by atoms with E-state index in [0.717, 1.165) is 28.7 Å². The van der Waals surface area contributed by atoms with Crippen molar-refractivity contribution >= 4 is 50.8 Å². The van der Waals surface area contributed by atoms with Crippen molar-refractivity contribution in [2.45, 2.75) is 26.8 Å². The fourth-order valence-corrected chi connectivity index (χ4v) is 5.17. The number of aromatic nitrogens is 3. The Balaban J connectivity index is 0.00000320. The van der Waals surface area contributed by atoms with Gasteiger partial charge in [0.05, 0.1) is 16.5 Å². The van der Waals surface area contributed by atoms with Gasteiger partial charge >= 0.3 is 0 Å². The Morgan fingerprint density at radius 1 is 0.919 bits per heavy atom. The van der Waals surface area contributed by atoms with Crippen LogP contribution in [-0.2, 0) is 6.54 Å². The number of aryl methyl sites for hydroxylation is 3. The number of nitrogens with zero attached hydrogens (tertiary/aromatic N) is 4. The molecule has 2 heterocycles. The van der Waals surface area contributed by atoms with Gasteiger partial charge in [0, 0.05) is 42.2 Å². The molecule has 5 rings (SSSR count). The molecule has 0 atom stereocenters. The summed E-state index contributed by atoms with van der Waals surface area (Å²) < 4.78 is 3.06. The minimum absolute atomic E-state index is 0. The number of fused-ring (bicyclic) bond motifs is 1. The van der Waals surface area contributed by atoms with Crippen LogP contribution in [0.2, 0.25) is 0 Å². The molecule has 0 saturated heterocycles. The summed E-state index contributed by atoms with van der Waals surface area (Å²) in [5.74, 6) is -0.198. The number of thiazole rings is 1. The van der Waals surface area contributed by atoms with E-state index in [9.17, 15) is 9.59 Å². The molecule has 6 nitrogen and oxygen atoms in total. The van der Waals surface area contributed by atoms with Gasteiger partial charge in [-0.25, -0.2) is 9.97 Å². The van der Waals surface area contributed by atoms with Gasteiger partial charge in [0.25, 0.3) is 5.91 Å². The Bertz CT molecular complexity index is 1510. The first-order chi connectivity index (χ1) is 17.5. The maximum atomic E-state index is 13.7. The first-order valence-corrected chi connectivity index (χ1v) is 12.7. The molecule has 3 aromatic carbocycles. The molecule has 1 amide bonds. The lowest BCUT2D eigenvalue weighted by Crippen LogP contribution is -2.32. The number of anilines is 1. The minimum atomic E-state index is -0.132. The number of hydrogen-bond acceptors (Lipinski definition) is 5. The molecule has 0 aliphatic heterocycles. The average molecular weight is 531 g/mol. The van der Waals surface area contributed by atoms with E-state index < -0.39 is 0 Å². The molecular weight excluding hydrogens is 504 g/mol. The predicted molar refractivity (Wildman–Crippen MR) is 151 cm³/mol. The summed E-state index contributed by atoms with van der Waals surface area (Å²) in [5.41, 5.74) is 4.94. The minimum Gasteiger partial charge on any atom is -0.337 e. The molecule has 188 valence electrons. The van der Waals surface area contributed by atoms with Crippen LogP contribution in [0.4, 0.5) is 5.13 Å². The van der Waals surface area contributed by atoms with Gasteiger partial charge < -0.3 is 4.57 Å². The number of carbonyl (C=O) groups excluding carboxylic acids is 2. The van der Waals surface area contributed by atoms with Crippen molar-refractivity contribution in [3.8, 4) is 0 Å². The third-order valence-corrected chi connectivity index (χ3v) is 7.38. The van der Waals surface area contributed by atoms with Gasteiger partial charge in [0.1, 0.15) is 0 Å². The molecular formula is C29H27ClN4O2S. The standard InChI is InChI=1S/C29H26N4O2S.ClH/c1-20-9-14-25-26(21(20)2)31-29(36-25)33(17-6-16-32-18-15-30-19-32)28(35)24-12-10-23(11-13-24)27(34)22-7-4-3-5-8-22;/h3-5,7-15,18-19H,6,16-17H2,1-2H3;1H. The van der Waals surface area contributed by atoms with E-state index in [1.807, 2.05) is 29.0 Å². The molecule has 5 aromatic rings. The van der Waals surface area contributed by atoms with Crippen LogP contribution in [0, 0.1) is 13.8 Å². The zero-order valence-corrected chi connectivity index (χ0v) is 22.3. The van der Waals surface area contributed by atoms with Crippen molar-refractivity contribution in [2.75, 3.05) is 11.4 Å². The fraction of sp³-hybridized carbons (Fsp3) is 0.172. The van der Waals surface area contributed by atoms with Crippen molar-refractivity contribution in [2.24, 2.45) is 0 Å². The Morgan fingerprint density at radius 3 is 2.32 bits per heavy atom. The first-order valence-electron chi connectivity index (χ1n) is 11.9. The topological polar surface area (TPSA) is 68.1 Å². The number of halogens is 1. The van der Waals surface area contributed by atoms with Crippen LogP contribution in [0.25, 0.3) is 10.2 Å². The van der Waals surface area contributed by atoms with Gasteiger partial charge in [-0.1, -0.05) is 59.9 Å². The van der Waals surface area contributed by atoms with E-state index in [1.54, 1.807) is 53.8 Å². The van der Waals surface area contributed by atoms with Gasteiger partial charge in [-0.3, -0.25) is 14.5 Å². The second-order valence-corrected chi connectivity index (χ2v) is 9.74. The summed E-state index contributed by atoms with van der Waals surface area (Å²) in [7, 11) is 0. The smallest absolute Gasteiger partial charge is 0.260 e. The lowest BCUT2D eigenvalue weighted by molar-refractivity contribution is 0.0984. The normalized spacial score (nSPS) is 10.8. The zero-order valence-electron chi connectivity index (χ0n) is 20.6. The lowest BCUT2D eigenvalue weighted by atomic mass is 10.0. The molecule has 0 spiro atoms. The number of imidazole rings is 1. The number of hydrogen-bond donors (Lipinski definition) is 0. The predicted octanol–water partition coefficient (Wildman–Crippen LogP) is 6.50. The molecule has 2 aromatic heterocycles. The SMILES string of the molecule is Cc1ccc2sc(N(CCCn3ccnc3)C(=O)c3ccc(C(=O)c4ccccc4)cc3)nc2c1C.Cl. The van der Waals surface area contributed by atoms with E-state index >= 15 is 0 Å². The lowest BCUT2D eigenvalue weighted by Gasteiger charge is -2.20. The van der Waals surface area contributed by atoms with Crippen LogP contribution in [0.5, 0.6) is 0 Å². The summed E-state index contributed by atoms with van der Waals surface area (Å²) in [5, 5.41) is 0.679. The van der Waals surface area contributed by atoms with Crippen LogP contribution < -0.4 is 4.90 Å². The highest BCUT2D eigenvalue weighted by atomic mass is 35.5. The van der Waals surface area contributed by atoms with E-state index in [2.05, 4.69) is 31.0 Å². The van der Waals surface area contributed by atoms with E-state index in [1.165, 1.54) is 16.9 Å². The molecule has 0 unspecified atom stereocenters. The molecule has 0 N–H and O–H groups in total. The van der Waals surface area contributed by atoms with Gasteiger partial charge in [0.2, 0.25) is 0 Å². The highest BCUT2D eigenvalue weighted by Gasteiger charge is 2.22. The van der Waals surface area contributed by atoms with Crippen LogP contribution in [0.15, 0.2) is 85.5 Å². The fourth-order valence-electron chi connectivity index (χ4n) is 4.12. The number of ketones is 1. The summed E-state index contributed by atoms with van der Waals surface area (Å²) in [6.45, 7) is 5.39. The van der Waals surface area contributed by atoms with E-state index in [-0.39, 0.29) is 24.1 Å². The maximum absolute atomic E-state index is 13.7. The number of benzene rings is 3. The Hall–Kier alpha value is -3.81. The van der Waals surface area contributed by atoms with Crippen molar-refractivity contribution in [1.82, 2.24) is 14.5 Å². The molecule has 0 radical (unpaired) electrons. The number of carbonyl (C=O) groups is 2. The Morgan fingerprint density at radius 2 is 1.62 bits per heavy atom. The largest absolute Gasteiger partial charge is 0.337 e. The molecule has 0 fully saturated rings. The van der Waals surface area contributed by atoms with Crippen molar-refractivity contribution in [1.29, 1.82) is 0 Å². The highest BCUT2D eigenvalue weighted by molar-refractivity contribution is 7.22. The molecule has 0 saturated carbocycles. The van der Waals surface area contributed by atoms with E-state index in [0.29, 0.717) is 28.4 Å². The van der Waals surface area contributed by atoms with Crippen LogP contribution in [0.1, 0.15) is 43.8 Å². The summed E-state index contributed by atoms with van der Waals surface area (Å²) in [6, 6.07) is 20.2. The molecule has 0 bridgehead atoms. The number of amides is 1. The van der Waals surface area contributed by atoms with Crippen LogP contribution in [-0.4, -0.2) is 32.8 Å². The monoisotopic (exact) mass is 530 g/mol. The summed E-state index contributed by atoms with van der Waals surface area (Å²) >= 11 is 1.53. The molecule has 37 heavy (non-hydrogen) atoms. The quantitative estimate of drug-likeness (QED) is 0.215. The first kappa shape index (κ1) is 26.3. The number of rotatable bonds is 8. The van der Waals surface area contributed by atoms with Crippen molar-refractivity contribution < 1.29 is 9.59 Å². The summed E-state index contributed by atoms with van der Waals surface area (Å²) in [6.07, 6.45) is 6.19. The van der Waals surface area contributed by atoms with Gasteiger partial charge in [0.15, 0.2) is 10.9 Å². The second-order valence-electron chi connectivity index (χ2n) is 8.73. The third kappa shape index (κ3) is 5.63. The molecule has 8 heteroatoms. The highest BCUT2D eigenvalue weighted by Crippen LogP contribution is 2.33. The van der Waals surface area contributed by atoms with Gasteiger partial charge in [-0.15, -0.1) is 12.4 Å². The van der Waals surface area contributed by atoms with Crippen molar-refractivity contribution in [3.63, 3.8) is 0 Å². The van der Waals surface area contributed by atoms with E-state index in [4.69, 9.17) is 4.98 Å². The van der Waals surface area contributed by atoms with Gasteiger partial charge in [-0.2, -0.15) is 0 Å². The Kier molecular flexibility index (Phi) is 8.16. The Labute approximate surface area is 226 Å².